The van der Waals surface area contributed by atoms with Gasteiger partial charge in [-0.15, -0.1) is 0 Å². The Morgan fingerprint density at radius 1 is 0.515 bits per heavy atom. The SMILES string of the molecule is c1ccc2c([O][Ga][O][Ga][O]c3c4ccccc4cc4cccnc34)c3ncccc3cc2c1. The molecule has 4 aromatic carbocycles. The van der Waals surface area contributed by atoms with E-state index in [0.29, 0.717) is 0 Å². The molecule has 0 bridgehead atoms. The summed E-state index contributed by atoms with van der Waals surface area (Å²) in [5, 5.41) is 6.50. The van der Waals surface area contributed by atoms with Crippen LogP contribution in [0.25, 0.3) is 43.4 Å². The molecule has 0 unspecified atom stereocenters. The van der Waals surface area contributed by atoms with E-state index in [1.165, 1.54) is 0 Å². The van der Waals surface area contributed by atoms with Crippen LogP contribution in [0, 0.1) is 0 Å². The molecule has 0 atom stereocenters. The Hall–Kier alpha value is -2.95. The fourth-order valence-corrected chi connectivity index (χ4v) is 7.55. The Bertz CT molecular complexity index is 1400. The number of benzene rings is 4. The summed E-state index contributed by atoms with van der Waals surface area (Å²) >= 11 is -2.95. The summed E-state index contributed by atoms with van der Waals surface area (Å²) in [6, 6.07) is 28.7. The van der Waals surface area contributed by atoms with Crippen LogP contribution in [-0.4, -0.2) is 46.2 Å². The van der Waals surface area contributed by atoms with Gasteiger partial charge in [-0.3, -0.25) is 0 Å². The number of nitrogens with zero attached hydrogens (tertiary/aromatic N) is 2. The van der Waals surface area contributed by atoms with Crippen LogP contribution in [0.4, 0.5) is 0 Å². The second-order valence-electron chi connectivity index (χ2n) is 7.57. The van der Waals surface area contributed by atoms with Crippen LogP contribution in [0.5, 0.6) is 11.5 Å². The molecule has 2 heterocycles. The number of hydrogen-bond donors (Lipinski definition) is 0. The molecule has 0 saturated heterocycles. The van der Waals surface area contributed by atoms with Gasteiger partial charge in [-0.2, -0.15) is 0 Å². The van der Waals surface area contributed by atoms with Crippen LogP contribution >= 0.6 is 0 Å². The summed E-state index contributed by atoms with van der Waals surface area (Å²) < 4.78 is 18.6. The van der Waals surface area contributed by atoms with Gasteiger partial charge in [0.15, 0.2) is 0 Å². The Morgan fingerprint density at radius 2 is 0.970 bits per heavy atom. The molecule has 0 spiro atoms. The van der Waals surface area contributed by atoms with Crippen molar-refractivity contribution in [3.63, 3.8) is 0 Å². The van der Waals surface area contributed by atoms with Crippen LogP contribution in [0.3, 0.4) is 0 Å². The van der Waals surface area contributed by atoms with Crippen LogP contribution < -0.4 is 7.06 Å². The third-order valence-electron chi connectivity index (χ3n) is 5.58. The summed E-state index contributed by atoms with van der Waals surface area (Å²) in [6.07, 6.45) is 3.60. The van der Waals surface area contributed by atoms with E-state index in [9.17, 15) is 0 Å². The van der Waals surface area contributed by atoms with Crippen LogP contribution in [0.1, 0.15) is 0 Å². The van der Waals surface area contributed by atoms with Crippen molar-refractivity contribution < 1.29 is 9.38 Å². The molecule has 7 heteroatoms. The van der Waals surface area contributed by atoms with E-state index in [-0.39, 0.29) is 0 Å². The third kappa shape index (κ3) is 3.98. The molecule has 0 N–H and O–H groups in total. The minimum atomic E-state index is -1.47. The Labute approximate surface area is 206 Å². The number of hydrogen-bond acceptors (Lipinski definition) is 5. The second kappa shape index (κ2) is 9.13. The van der Waals surface area contributed by atoms with Crippen molar-refractivity contribution >= 4 is 79.6 Å². The number of rotatable bonds is 6. The molecule has 33 heavy (non-hydrogen) atoms. The van der Waals surface area contributed by atoms with Crippen molar-refractivity contribution in [3.8, 4) is 11.5 Å². The zero-order valence-corrected chi connectivity index (χ0v) is 22.4. The number of fused-ring (bicyclic) bond motifs is 4. The zero-order valence-electron chi connectivity index (χ0n) is 17.5. The molecule has 5 nitrogen and oxygen atoms in total. The molecule has 0 saturated carbocycles. The molecule has 2 radical (unpaired) electrons. The minimum absolute atomic E-state index is 0.804. The standard InChI is InChI=1S/2C13H9NO.2Ga.O/c2*15-13-11-6-2-1-4-9(11)8-10-5-3-7-14-12(10)13;;;/h2*1-8,15H;;;/q;;2*+1;/p-2. The van der Waals surface area contributed by atoms with Crippen molar-refractivity contribution in [1.82, 2.24) is 9.97 Å². The topological polar surface area (TPSA) is 53.5 Å². The Morgan fingerprint density at radius 3 is 1.48 bits per heavy atom. The van der Waals surface area contributed by atoms with Gasteiger partial charge in [0, 0.05) is 0 Å². The van der Waals surface area contributed by atoms with E-state index in [4.69, 9.17) is 9.38 Å². The van der Waals surface area contributed by atoms with Crippen molar-refractivity contribution in [2.45, 2.75) is 0 Å². The molecular formula is C26H16Ga2N2O3. The molecule has 0 fully saturated rings. The van der Waals surface area contributed by atoms with E-state index >= 15 is 0 Å². The fraction of sp³-hybridized carbons (Fsp3) is 0. The van der Waals surface area contributed by atoms with Crippen LogP contribution in [-0.2, 0) is 2.32 Å². The fourth-order valence-electron chi connectivity index (χ4n) is 4.11. The van der Waals surface area contributed by atoms with Crippen molar-refractivity contribution in [1.29, 1.82) is 0 Å². The van der Waals surface area contributed by atoms with Crippen LogP contribution in [0.15, 0.2) is 97.3 Å². The van der Waals surface area contributed by atoms with Gasteiger partial charge in [0.05, 0.1) is 0 Å². The molecular weight excluding hydrogens is 528 g/mol. The maximum absolute atomic E-state index is 6.26. The average Bonchev–Trinajstić information content (AvgIpc) is 2.87. The van der Waals surface area contributed by atoms with E-state index in [0.717, 1.165) is 54.8 Å². The molecule has 2 aromatic heterocycles. The van der Waals surface area contributed by atoms with Crippen molar-refractivity contribution in [3.05, 3.63) is 97.3 Å². The summed E-state index contributed by atoms with van der Waals surface area (Å²) in [5.74, 6) is 1.61. The van der Waals surface area contributed by atoms with Gasteiger partial charge in [-0.05, 0) is 0 Å². The Balaban J connectivity index is 1.24. The van der Waals surface area contributed by atoms with Gasteiger partial charge in [-0.25, -0.2) is 0 Å². The summed E-state index contributed by atoms with van der Waals surface area (Å²) in [5.41, 5.74) is 1.73. The normalized spacial score (nSPS) is 11.2. The predicted octanol–water partition coefficient (Wildman–Crippen LogP) is 5.63. The van der Waals surface area contributed by atoms with Gasteiger partial charge >= 0.3 is 208 Å². The first-order chi connectivity index (χ1) is 16.4. The quantitative estimate of drug-likeness (QED) is 0.155. The number of aromatic nitrogens is 2. The molecule has 0 aliphatic rings. The van der Waals surface area contributed by atoms with E-state index in [1.54, 1.807) is 12.4 Å². The molecule has 6 rings (SSSR count). The van der Waals surface area contributed by atoms with E-state index < -0.39 is 36.3 Å². The summed E-state index contributed by atoms with van der Waals surface area (Å²) in [7, 11) is 0. The Kier molecular flexibility index (Phi) is 5.71. The number of pyridine rings is 2. The maximum atomic E-state index is 6.26. The monoisotopic (exact) mass is 542 g/mol. The second-order valence-corrected chi connectivity index (χ2v) is 12.9. The van der Waals surface area contributed by atoms with Crippen molar-refractivity contribution in [2.75, 3.05) is 0 Å². The molecule has 0 amide bonds. The predicted molar refractivity (Wildman–Crippen MR) is 132 cm³/mol. The molecule has 0 aliphatic carbocycles. The molecule has 6 aromatic rings. The average molecular weight is 544 g/mol. The first-order valence-electron chi connectivity index (χ1n) is 10.5. The van der Waals surface area contributed by atoms with Gasteiger partial charge in [0.1, 0.15) is 0 Å². The van der Waals surface area contributed by atoms with E-state index in [1.807, 2.05) is 36.4 Å². The summed E-state index contributed by atoms with van der Waals surface area (Å²) in [4.78, 5) is 9.13. The zero-order chi connectivity index (χ0) is 22.0. The molecule has 0 aliphatic heterocycles. The summed E-state index contributed by atoms with van der Waals surface area (Å²) in [6.45, 7) is 0. The van der Waals surface area contributed by atoms with Crippen LogP contribution in [0.2, 0.25) is 0 Å². The first kappa shape index (κ1) is 20.6. The third-order valence-corrected chi connectivity index (χ3v) is 9.87. The first-order valence-corrected chi connectivity index (χ1v) is 14.5. The van der Waals surface area contributed by atoms with Gasteiger partial charge < -0.3 is 0 Å². The van der Waals surface area contributed by atoms with Gasteiger partial charge in [0.25, 0.3) is 0 Å². The molecule has 154 valence electrons. The van der Waals surface area contributed by atoms with Gasteiger partial charge in [0.2, 0.25) is 0 Å². The van der Waals surface area contributed by atoms with E-state index in [2.05, 4.69) is 58.5 Å². The van der Waals surface area contributed by atoms with Crippen molar-refractivity contribution in [2.24, 2.45) is 0 Å². The van der Waals surface area contributed by atoms with Gasteiger partial charge in [-0.1, -0.05) is 0 Å².